The van der Waals surface area contributed by atoms with Crippen molar-refractivity contribution in [2.24, 2.45) is 0 Å². The number of hydrogen-bond donors (Lipinski definition) is 2. The van der Waals surface area contributed by atoms with Crippen LogP contribution in [0.3, 0.4) is 0 Å². The predicted molar refractivity (Wildman–Crippen MR) is 117 cm³/mol. The number of amides is 2. The van der Waals surface area contributed by atoms with Crippen LogP contribution in [0.2, 0.25) is 0 Å². The molecule has 2 amide bonds. The van der Waals surface area contributed by atoms with Crippen molar-refractivity contribution in [1.29, 1.82) is 0 Å². The Morgan fingerprint density at radius 3 is 1.42 bits per heavy atom. The number of anilines is 2. The average molecular weight is 514 g/mol. The van der Waals surface area contributed by atoms with Crippen molar-refractivity contribution in [3.05, 3.63) is 44.0 Å². The molecule has 0 aliphatic heterocycles. The molecule has 0 atom stereocenters. The van der Waals surface area contributed by atoms with E-state index in [4.69, 9.17) is 0 Å². The first-order valence-electron chi connectivity index (χ1n) is 7.58. The summed E-state index contributed by atoms with van der Waals surface area (Å²) in [5.41, 5.74) is 3.14. The second kappa shape index (κ2) is 8.04. The van der Waals surface area contributed by atoms with Gasteiger partial charge in [0.1, 0.15) is 0 Å². The number of thiophene rings is 2. The summed E-state index contributed by atoms with van der Waals surface area (Å²) in [6.45, 7) is 2.97. The van der Waals surface area contributed by atoms with Crippen molar-refractivity contribution < 1.29 is 9.59 Å². The Labute approximate surface area is 175 Å². The average Bonchev–Trinajstić information content (AvgIpc) is 3.16. The summed E-state index contributed by atoms with van der Waals surface area (Å²) in [4.78, 5) is 25.4. The Hall–Kier alpha value is -1.48. The third-order valence-corrected chi connectivity index (χ3v) is 6.77. The number of hydrogen-bond acceptors (Lipinski definition) is 4. The molecule has 0 saturated carbocycles. The largest absolute Gasteiger partial charge is 0.326 e. The van der Waals surface area contributed by atoms with Gasteiger partial charge in [-0.25, -0.2) is 0 Å². The van der Waals surface area contributed by atoms with Gasteiger partial charge in [-0.3, -0.25) is 9.59 Å². The van der Waals surface area contributed by atoms with Crippen LogP contribution in [0.1, 0.15) is 13.8 Å². The Morgan fingerprint density at radius 1 is 0.769 bits per heavy atom. The lowest BCUT2D eigenvalue weighted by atomic mass is 10.0. The van der Waals surface area contributed by atoms with E-state index >= 15 is 0 Å². The monoisotopic (exact) mass is 512 g/mol. The van der Waals surface area contributed by atoms with Crippen LogP contribution >= 0.6 is 54.5 Å². The smallest absolute Gasteiger partial charge is 0.221 e. The highest BCUT2D eigenvalue weighted by atomic mass is 79.9. The van der Waals surface area contributed by atoms with Gasteiger partial charge in [0, 0.05) is 34.7 Å². The summed E-state index contributed by atoms with van der Waals surface area (Å²) in [7, 11) is 0. The van der Waals surface area contributed by atoms with Crippen molar-refractivity contribution in [3.8, 4) is 20.9 Å². The molecule has 0 saturated heterocycles. The van der Waals surface area contributed by atoms with Crippen molar-refractivity contribution in [1.82, 2.24) is 0 Å². The van der Waals surface area contributed by atoms with E-state index in [-0.39, 0.29) is 11.8 Å². The number of halogens is 2. The van der Waals surface area contributed by atoms with Gasteiger partial charge < -0.3 is 10.6 Å². The molecule has 26 heavy (non-hydrogen) atoms. The molecule has 1 aromatic carbocycles. The molecule has 134 valence electrons. The zero-order valence-electron chi connectivity index (χ0n) is 13.9. The normalized spacial score (nSPS) is 10.6. The first-order valence-corrected chi connectivity index (χ1v) is 10.8. The Bertz CT molecular complexity index is 915. The minimum atomic E-state index is -0.146. The van der Waals surface area contributed by atoms with Gasteiger partial charge in [-0.05, 0) is 68.3 Å². The highest BCUT2D eigenvalue weighted by Crippen LogP contribution is 2.43. The maximum Gasteiger partial charge on any atom is 0.221 e. The van der Waals surface area contributed by atoms with Crippen molar-refractivity contribution in [2.45, 2.75) is 13.8 Å². The molecular weight excluding hydrogens is 500 g/mol. The summed E-state index contributed by atoms with van der Waals surface area (Å²) in [6.07, 6.45) is 0. The van der Waals surface area contributed by atoms with Gasteiger partial charge >= 0.3 is 0 Å². The zero-order chi connectivity index (χ0) is 18.8. The minimum Gasteiger partial charge on any atom is -0.326 e. The fraction of sp³-hybridized carbons (Fsp3) is 0.111. The highest BCUT2D eigenvalue weighted by Gasteiger charge is 2.17. The van der Waals surface area contributed by atoms with Crippen molar-refractivity contribution in [2.75, 3.05) is 10.6 Å². The quantitative estimate of drug-likeness (QED) is 0.413. The maximum atomic E-state index is 11.7. The van der Waals surface area contributed by atoms with E-state index in [1.807, 2.05) is 36.4 Å². The summed E-state index contributed by atoms with van der Waals surface area (Å²) < 4.78 is 1.99. The lowest BCUT2D eigenvalue weighted by molar-refractivity contribution is -0.115. The number of nitrogens with one attached hydrogen (secondary N) is 2. The van der Waals surface area contributed by atoms with Crippen molar-refractivity contribution in [3.63, 3.8) is 0 Å². The number of carbonyl (C=O) groups excluding carboxylic acids is 2. The number of rotatable bonds is 4. The first kappa shape index (κ1) is 19.3. The van der Waals surface area contributed by atoms with Gasteiger partial charge in [-0.15, -0.1) is 22.7 Å². The van der Waals surface area contributed by atoms with Crippen molar-refractivity contribution >= 4 is 77.7 Å². The molecular formula is C18H14Br2N2O2S2. The fourth-order valence-corrected chi connectivity index (χ4v) is 5.34. The molecule has 2 heterocycles. The molecule has 4 nitrogen and oxygen atoms in total. The van der Waals surface area contributed by atoms with Gasteiger partial charge in [0.05, 0.1) is 18.9 Å². The van der Waals surface area contributed by atoms with Crippen LogP contribution in [0, 0.1) is 0 Å². The molecule has 0 unspecified atom stereocenters. The molecule has 0 aliphatic carbocycles. The molecule has 3 aromatic rings. The third kappa shape index (κ3) is 4.43. The predicted octanol–water partition coefficient (Wildman–Crippen LogP) is 6.59. The fourth-order valence-electron chi connectivity index (χ4n) is 2.51. The van der Waals surface area contributed by atoms with Gasteiger partial charge in [0.15, 0.2) is 0 Å². The Balaban J connectivity index is 2.23. The van der Waals surface area contributed by atoms with E-state index in [1.165, 1.54) is 13.8 Å². The van der Waals surface area contributed by atoms with E-state index in [0.29, 0.717) is 11.4 Å². The van der Waals surface area contributed by atoms with Gasteiger partial charge in [-0.2, -0.15) is 0 Å². The van der Waals surface area contributed by atoms with E-state index in [9.17, 15) is 9.59 Å². The highest BCUT2D eigenvalue weighted by molar-refractivity contribution is 9.11. The standard InChI is InChI=1S/C18H14Br2N2O2S2/c1-9(23)21-13-7-12(16-4-6-18(20)26-16)14(22-10(2)24)8-11(13)15-3-5-17(19)25-15/h3-8H,1-2H3,(H,21,23)(H,22,24). The maximum absolute atomic E-state index is 11.7. The van der Waals surface area contributed by atoms with E-state index < -0.39 is 0 Å². The van der Waals surface area contributed by atoms with E-state index in [0.717, 1.165) is 28.5 Å². The third-order valence-electron chi connectivity index (χ3n) is 3.46. The molecule has 0 fully saturated rings. The minimum absolute atomic E-state index is 0.146. The summed E-state index contributed by atoms with van der Waals surface area (Å²) >= 11 is 10.1. The molecule has 3 rings (SSSR count). The molecule has 8 heteroatoms. The van der Waals surface area contributed by atoms with Crippen LogP contribution in [0.15, 0.2) is 44.0 Å². The molecule has 0 spiro atoms. The van der Waals surface area contributed by atoms with E-state index in [1.54, 1.807) is 22.7 Å². The van der Waals surface area contributed by atoms with Gasteiger partial charge in [0.2, 0.25) is 11.8 Å². The number of carbonyl (C=O) groups is 2. The van der Waals surface area contributed by atoms with Gasteiger partial charge in [-0.1, -0.05) is 0 Å². The molecule has 0 radical (unpaired) electrons. The van der Waals surface area contributed by atoms with Crippen LogP contribution in [-0.2, 0) is 9.59 Å². The SMILES string of the molecule is CC(=O)Nc1cc(-c2ccc(Br)s2)c(NC(C)=O)cc1-c1ccc(Br)s1. The van der Waals surface area contributed by atoms with Crippen LogP contribution in [0.25, 0.3) is 20.9 Å². The van der Waals surface area contributed by atoms with Crippen LogP contribution < -0.4 is 10.6 Å². The van der Waals surface area contributed by atoms with Crippen LogP contribution in [0.4, 0.5) is 11.4 Å². The summed E-state index contributed by atoms with van der Waals surface area (Å²) in [6, 6.07) is 11.7. The summed E-state index contributed by atoms with van der Waals surface area (Å²) in [5, 5.41) is 5.82. The van der Waals surface area contributed by atoms with Crippen LogP contribution in [0.5, 0.6) is 0 Å². The second-order valence-corrected chi connectivity index (χ2v) is 10.4. The molecule has 0 aliphatic rings. The molecule has 2 N–H and O–H groups in total. The first-order chi connectivity index (χ1) is 12.3. The molecule has 2 aromatic heterocycles. The lowest BCUT2D eigenvalue weighted by Gasteiger charge is -2.16. The van der Waals surface area contributed by atoms with Gasteiger partial charge in [0.25, 0.3) is 0 Å². The zero-order valence-corrected chi connectivity index (χ0v) is 18.7. The van der Waals surface area contributed by atoms with E-state index in [2.05, 4.69) is 42.5 Å². The topological polar surface area (TPSA) is 58.2 Å². The lowest BCUT2D eigenvalue weighted by Crippen LogP contribution is -2.10. The second-order valence-electron chi connectivity index (χ2n) is 5.51. The summed E-state index contributed by atoms with van der Waals surface area (Å²) in [5.74, 6) is -0.292. The van der Waals surface area contributed by atoms with Crippen LogP contribution in [-0.4, -0.2) is 11.8 Å². The Kier molecular flexibility index (Phi) is 5.96. The number of benzene rings is 1. The Morgan fingerprint density at radius 2 is 1.15 bits per heavy atom. The molecule has 0 bridgehead atoms.